The number of hydrogen-bond donors (Lipinski definition) is 0. The summed E-state index contributed by atoms with van der Waals surface area (Å²) in [6, 6.07) is 7.17. The zero-order chi connectivity index (χ0) is 12.3. The predicted octanol–water partition coefficient (Wildman–Crippen LogP) is 3.25. The van der Waals surface area contributed by atoms with E-state index >= 15 is 0 Å². The van der Waals surface area contributed by atoms with E-state index in [1.165, 1.54) is 12.8 Å². The van der Waals surface area contributed by atoms with Crippen molar-refractivity contribution in [3.63, 3.8) is 0 Å². The van der Waals surface area contributed by atoms with Gasteiger partial charge in [-0.25, -0.2) is 0 Å². The summed E-state index contributed by atoms with van der Waals surface area (Å²) in [4.78, 5) is 14.5. The molecule has 2 rings (SSSR count). The van der Waals surface area contributed by atoms with Crippen LogP contribution < -0.4 is 0 Å². The van der Waals surface area contributed by atoms with Crippen LogP contribution in [0.3, 0.4) is 0 Å². The van der Waals surface area contributed by atoms with E-state index in [2.05, 4.69) is 4.90 Å². The van der Waals surface area contributed by atoms with Crippen LogP contribution in [-0.4, -0.2) is 30.3 Å². The summed E-state index contributed by atoms with van der Waals surface area (Å²) in [5, 5.41) is 0.675. The highest BCUT2D eigenvalue weighted by Crippen LogP contribution is 2.16. The van der Waals surface area contributed by atoms with E-state index in [0.29, 0.717) is 5.02 Å². The molecule has 0 spiro atoms. The molecule has 0 bridgehead atoms. The molecule has 0 radical (unpaired) electrons. The molecule has 92 valence electrons. The fourth-order valence-corrected chi connectivity index (χ4v) is 2.46. The standard InChI is InChI=1S/C14H18ClNO/c1-11(10-16-8-2-3-9-16)14(17)12-4-6-13(15)7-5-12/h4-7,11H,2-3,8-10H2,1H3. The molecule has 3 heteroatoms. The largest absolute Gasteiger partial charge is 0.303 e. The second-order valence-corrected chi connectivity index (χ2v) is 5.22. The molecular formula is C14H18ClNO. The maximum absolute atomic E-state index is 12.2. The molecule has 1 saturated heterocycles. The van der Waals surface area contributed by atoms with Gasteiger partial charge in [-0.3, -0.25) is 4.79 Å². The summed E-state index contributed by atoms with van der Waals surface area (Å²) < 4.78 is 0. The summed E-state index contributed by atoms with van der Waals surface area (Å²) in [7, 11) is 0. The fourth-order valence-electron chi connectivity index (χ4n) is 2.33. The van der Waals surface area contributed by atoms with Crippen LogP contribution in [0.2, 0.25) is 5.02 Å². The van der Waals surface area contributed by atoms with Crippen LogP contribution in [0.25, 0.3) is 0 Å². The van der Waals surface area contributed by atoms with Crippen molar-refractivity contribution in [2.24, 2.45) is 5.92 Å². The third-order valence-corrected chi connectivity index (χ3v) is 3.56. The zero-order valence-corrected chi connectivity index (χ0v) is 10.9. The average Bonchev–Trinajstić information content (AvgIpc) is 2.82. The maximum atomic E-state index is 12.2. The second kappa shape index (κ2) is 5.65. The molecule has 17 heavy (non-hydrogen) atoms. The summed E-state index contributed by atoms with van der Waals surface area (Å²) in [6.07, 6.45) is 2.53. The van der Waals surface area contributed by atoms with E-state index in [0.717, 1.165) is 25.2 Å². The first-order valence-corrected chi connectivity index (χ1v) is 6.57. The van der Waals surface area contributed by atoms with Crippen molar-refractivity contribution in [1.29, 1.82) is 0 Å². The predicted molar refractivity (Wildman–Crippen MR) is 70.6 cm³/mol. The Morgan fingerprint density at radius 2 is 1.88 bits per heavy atom. The van der Waals surface area contributed by atoms with Crippen molar-refractivity contribution in [3.8, 4) is 0 Å². The van der Waals surface area contributed by atoms with Crippen molar-refractivity contribution in [1.82, 2.24) is 4.90 Å². The lowest BCUT2D eigenvalue weighted by Gasteiger charge is -2.19. The van der Waals surface area contributed by atoms with Gasteiger partial charge in [0.1, 0.15) is 0 Å². The van der Waals surface area contributed by atoms with Crippen molar-refractivity contribution >= 4 is 17.4 Å². The molecule has 0 aromatic heterocycles. The number of benzene rings is 1. The van der Waals surface area contributed by atoms with Gasteiger partial charge in [-0.1, -0.05) is 18.5 Å². The molecule has 1 aliphatic heterocycles. The lowest BCUT2D eigenvalue weighted by Crippen LogP contribution is -2.29. The van der Waals surface area contributed by atoms with Gasteiger partial charge in [-0.05, 0) is 50.2 Å². The van der Waals surface area contributed by atoms with Crippen LogP contribution in [0, 0.1) is 5.92 Å². The van der Waals surface area contributed by atoms with Gasteiger partial charge >= 0.3 is 0 Å². The van der Waals surface area contributed by atoms with Crippen LogP contribution in [0.5, 0.6) is 0 Å². The smallest absolute Gasteiger partial charge is 0.166 e. The van der Waals surface area contributed by atoms with Crippen LogP contribution in [0.1, 0.15) is 30.1 Å². The van der Waals surface area contributed by atoms with Gasteiger partial charge in [0, 0.05) is 23.0 Å². The number of likely N-dealkylation sites (tertiary alicyclic amines) is 1. The normalized spacial score (nSPS) is 18.2. The highest BCUT2D eigenvalue weighted by Gasteiger charge is 2.20. The van der Waals surface area contributed by atoms with E-state index in [1.807, 2.05) is 19.1 Å². The molecule has 0 aliphatic carbocycles. The van der Waals surface area contributed by atoms with Crippen LogP contribution in [0.4, 0.5) is 0 Å². The molecular weight excluding hydrogens is 234 g/mol. The van der Waals surface area contributed by atoms with Crippen LogP contribution in [0.15, 0.2) is 24.3 Å². The number of rotatable bonds is 4. The van der Waals surface area contributed by atoms with Gasteiger partial charge in [0.2, 0.25) is 0 Å². The van der Waals surface area contributed by atoms with Crippen LogP contribution in [-0.2, 0) is 0 Å². The first kappa shape index (κ1) is 12.6. The van der Waals surface area contributed by atoms with Crippen LogP contribution >= 0.6 is 11.6 Å². The molecule has 1 aromatic carbocycles. The molecule has 0 amide bonds. The number of carbonyl (C=O) groups is 1. The molecule has 1 unspecified atom stereocenters. The number of halogens is 1. The van der Waals surface area contributed by atoms with Gasteiger partial charge in [0.25, 0.3) is 0 Å². The number of nitrogens with zero attached hydrogens (tertiary/aromatic N) is 1. The van der Waals surface area contributed by atoms with Gasteiger partial charge in [-0.2, -0.15) is 0 Å². The minimum Gasteiger partial charge on any atom is -0.303 e. The lowest BCUT2D eigenvalue weighted by molar-refractivity contribution is 0.0903. The molecule has 1 heterocycles. The maximum Gasteiger partial charge on any atom is 0.166 e. The van der Waals surface area contributed by atoms with E-state index in [1.54, 1.807) is 12.1 Å². The fraction of sp³-hybridized carbons (Fsp3) is 0.500. The molecule has 1 aliphatic rings. The Kier molecular flexibility index (Phi) is 4.19. The minimum absolute atomic E-state index is 0.0641. The zero-order valence-electron chi connectivity index (χ0n) is 10.2. The number of ketones is 1. The lowest BCUT2D eigenvalue weighted by atomic mass is 9.99. The van der Waals surface area contributed by atoms with Crippen molar-refractivity contribution < 1.29 is 4.79 Å². The Labute approximate surface area is 108 Å². The third kappa shape index (κ3) is 3.30. The van der Waals surface area contributed by atoms with Gasteiger partial charge in [0.05, 0.1) is 0 Å². The minimum atomic E-state index is 0.0641. The Balaban J connectivity index is 1.96. The highest BCUT2D eigenvalue weighted by molar-refractivity contribution is 6.30. The highest BCUT2D eigenvalue weighted by atomic mass is 35.5. The molecule has 1 fully saturated rings. The van der Waals surface area contributed by atoms with Gasteiger partial charge in [-0.15, -0.1) is 0 Å². The summed E-state index contributed by atoms with van der Waals surface area (Å²) in [6.45, 7) is 5.16. The van der Waals surface area contributed by atoms with E-state index in [4.69, 9.17) is 11.6 Å². The number of Topliss-reactive ketones (excluding diaryl/α,β-unsaturated/α-hetero) is 1. The number of carbonyl (C=O) groups excluding carboxylic acids is 1. The monoisotopic (exact) mass is 251 g/mol. The molecule has 0 saturated carbocycles. The quantitative estimate of drug-likeness (QED) is 0.766. The van der Waals surface area contributed by atoms with Crippen molar-refractivity contribution in [3.05, 3.63) is 34.9 Å². The Bertz CT molecular complexity index is 382. The van der Waals surface area contributed by atoms with Gasteiger partial charge in [0.15, 0.2) is 5.78 Å². The Morgan fingerprint density at radius 1 is 1.29 bits per heavy atom. The van der Waals surface area contributed by atoms with E-state index < -0.39 is 0 Å². The number of hydrogen-bond acceptors (Lipinski definition) is 2. The first-order chi connectivity index (χ1) is 8.16. The summed E-state index contributed by atoms with van der Waals surface area (Å²) in [5.41, 5.74) is 0.765. The van der Waals surface area contributed by atoms with Gasteiger partial charge < -0.3 is 4.90 Å². The molecule has 1 aromatic rings. The van der Waals surface area contributed by atoms with E-state index in [-0.39, 0.29) is 11.7 Å². The van der Waals surface area contributed by atoms with E-state index in [9.17, 15) is 4.79 Å². The molecule has 2 nitrogen and oxygen atoms in total. The summed E-state index contributed by atoms with van der Waals surface area (Å²) in [5.74, 6) is 0.280. The average molecular weight is 252 g/mol. The first-order valence-electron chi connectivity index (χ1n) is 6.19. The van der Waals surface area contributed by atoms with Crippen molar-refractivity contribution in [2.75, 3.05) is 19.6 Å². The topological polar surface area (TPSA) is 20.3 Å². The molecule has 0 N–H and O–H groups in total. The SMILES string of the molecule is CC(CN1CCCC1)C(=O)c1ccc(Cl)cc1. The van der Waals surface area contributed by atoms with Crippen molar-refractivity contribution in [2.45, 2.75) is 19.8 Å². The molecule has 1 atom stereocenters. The Morgan fingerprint density at radius 3 is 2.47 bits per heavy atom. The summed E-state index contributed by atoms with van der Waals surface area (Å²) >= 11 is 5.81. The third-order valence-electron chi connectivity index (χ3n) is 3.31. The Hall–Kier alpha value is -0.860. The second-order valence-electron chi connectivity index (χ2n) is 4.78.